The molecule has 0 amide bonds. The van der Waals surface area contributed by atoms with E-state index < -0.39 is 0 Å². The van der Waals surface area contributed by atoms with Crippen LogP contribution < -0.4 is 5.32 Å². The van der Waals surface area contributed by atoms with Gasteiger partial charge in [-0.3, -0.25) is 0 Å². The second kappa shape index (κ2) is 8.78. The van der Waals surface area contributed by atoms with Crippen LogP contribution in [0.2, 0.25) is 0 Å². The molecule has 0 bridgehead atoms. The molecule has 0 fully saturated rings. The van der Waals surface area contributed by atoms with Gasteiger partial charge in [-0.15, -0.1) is 18.3 Å². The van der Waals surface area contributed by atoms with Gasteiger partial charge in [-0.25, -0.2) is 0 Å². The van der Waals surface area contributed by atoms with Gasteiger partial charge in [-0.05, 0) is 50.6 Å². The van der Waals surface area contributed by atoms with Crippen molar-refractivity contribution in [2.75, 3.05) is 12.3 Å². The van der Waals surface area contributed by atoms with E-state index in [2.05, 4.69) is 65.9 Å². The highest BCUT2D eigenvalue weighted by Crippen LogP contribution is 2.22. The van der Waals surface area contributed by atoms with Crippen LogP contribution in [0.15, 0.2) is 45.8 Å². The molecule has 1 aromatic rings. The number of hydrogen-bond donors (Lipinski definition) is 1. The Morgan fingerprint density at radius 3 is 2.61 bits per heavy atom. The molecule has 0 spiro atoms. The summed E-state index contributed by atoms with van der Waals surface area (Å²) in [5.41, 5.74) is 1.27. The lowest BCUT2D eigenvalue weighted by molar-refractivity contribution is 0.537. The van der Waals surface area contributed by atoms with Crippen LogP contribution in [0, 0.1) is 0 Å². The van der Waals surface area contributed by atoms with E-state index in [1.807, 2.05) is 11.8 Å². The molecule has 0 heterocycles. The van der Waals surface area contributed by atoms with Crippen molar-refractivity contribution >= 4 is 27.7 Å². The number of rotatable bonds is 8. The van der Waals surface area contributed by atoms with Crippen LogP contribution in [0.3, 0.4) is 0 Å². The standard InChI is InChI=1S/C15H22BrNS/c1-4-17-14(8-5-12(2)3)11-18-15-9-6-13(16)7-10-15/h6-7,9-10,14,17H,2,4-5,8,11H2,1,3H3. The molecular weight excluding hydrogens is 306 g/mol. The molecule has 0 aliphatic heterocycles. The van der Waals surface area contributed by atoms with Crippen molar-refractivity contribution < 1.29 is 0 Å². The van der Waals surface area contributed by atoms with Gasteiger partial charge in [0.2, 0.25) is 0 Å². The zero-order valence-corrected chi connectivity index (χ0v) is 13.6. The quantitative estimate of drug-likeness (QED) is 0.539. The summed E-state index contributed by atoms with van der Waals surface area (Å²) >= 11 is 5.38. The zero-order valence-electron chi connectivity index (χ0n) is 11.2. The largest absolute Gasteiger partial charge is 0.313 e. The van der Waals surface area contributed by atoms with Gasteiger partial charge in [-0.2, -0.15) is 0 Å². The zero-order chi connectivity index (χ0) is 13.4. The first-order chi connectivity index (χ1) is 8.61. The van der Waals surface area contributed by atoms with Gasteiger partial charge in [0, 0.05) is 21.2 Å². The highest BCUT2D eigenvalue weighted by Gasteiger charge is 2.07. The summed E-state index contributed by atoms with van der Waals surface area (Å²) in [5, 5.41) is 3.55. The van der Waals surface area contributed by atoms with E-state index in [9.17, 15) is 0 Å². The summed E-state index contributed by atoms with van der Waals surface area (Å²) in [6.07, 6.45) is 2.28. The highest BCUT2D eigenvalue weighted by molar-refractivity contribution is 9.10. The number of allylic oxidation sites excluding steroid dienone is 1. The number of nitrogens with one attached hydrogen (secondary N) is 1. The Labute approximate surface area is 124 Å². The van der Waals surface area contributed by atoms with Crippen LogP contribution in [-0.4, -0.2) is 18.3 Å². The van der Waals surface area contributed by atoms with E-state index in [-0.39, 0.29) is 0 Å². The van der Waals surface area contributed by atoms with Crippen molar-refractivity contribution in [1.29, 1.82) is 0 Å². The molecule has 1 unspecified atom stereocenters. The predicted octanol–water partition coefficient (Wildman–Crippen LogP) is 4.88. The minimum Gasteiger partial charge on any atom is -0.313 e. The summed E-state index contributed by atoms with van der Waals surface area (Å²) < 4.78 is 1.14. The van der Waals surface area contributed by atoms with Gasteiger partial charge < -0.3 is 5.32 Å². The third-order valence-electron chi connectivity index (χ3n) is 2.68. The van der Waals surface area contributed by atoms with E-state index in [4.69, 9.17) is 0 Å². The lowest BCUT2D eigenvalue weighted by atomic mass is 10.1. The SMILES string of the molecule is C=C(C)CCC(CSc1ccc(Br)cc1)NCC. The average molecular weight is 328 g/mol. The van der Waals surface area contributed by atoms with Crippen LogP contribution in [0.4, 0.5) is 0 Å². The van der Waals surface area contributed by atoms with Crippen LogP contribution in [0.25, 0.3) is 0 Å². The van der Waals surface area contributed by atoms with Gasteiger partial charge in [0.15, 0.2) is 0 Å². The first kappa shape index (κ1) is 15.8. The molecule has 1 nitrogen and oxygen atoms in total. The molecule has 100 valence electrons. The predicted molar refractivity (Wildman–Crippen MR) is 86.4 cm³/mol. The van der Waals surface area contributed by atoms with Gasteiger partial charge in [0.25, 0.3) is 0 Å². The van der Waals surface area contributed by atoms with E-state index >= 15 is 0 Å². The average Bonchev–Trinajstić information content (AvgIpc) is 2.34. The van der Waals surface area contributed by atoms with Crippen molar-refractivity contribution in [3.8, 4) is 0 Å². The monoisotopic (exact) mass is 327 g/mol. The van der Waals surface area contributed by atoms with Crippen molar-refractivity contribution in [1.82, 2.24) is 5.32 Å². The lowest BCUT2D eigenvalue weighted by Gasteiger charge is -2.17. The van der Waals surface area contributed by atoms with Crippen LogP contribution in [0.5, 0.6) is 0 Å². The van der Waals surface area contributed by atoms with E-state index in [0.29, 0.717) is 6.04 Å². The van der Waals surface area contributed by atoms with Crippen molar-refractivity contribution in [3.63, 3.8) is 0 Å². The Bertz CT molecular complexity index is 361. The molecule has 0 aliphatic rings. The fraction of sp³-hybridized carbons (Fsp3) is 0.467. The number of thioether (sulfide) groups is 1. The second-order valence-electron chi connectivity index (χ2n) is 4.52. The van der Waals surface area contributed by atoms with E-state index in [1.54, 1.807) is 0 Å². The molecule has 0 aromatic heterocycles. The number of halogens is 1. The van der Waals surface area contributed by atoms with Crippen LogP contribution in [-0.2, 0) is 0 Å². The number of hydrogen-bond acceptors (Lipinski definition) is 2. The fourth-order valence-electron chi connectivity index (χ4n) is 1.68. The molecule has 1 rings (SSSR count). The molecule has 1 atom stereocenters. The highest BCUT2D eigenvalue weighted by atomic mass is 79.9. The third kappa shape index (κ3) is 6.62. The van der Waals surface area contributed by atoms with Crippen molar-refractivity contribution in [2.45, 2.75) is 37.6 Å². The fourth-order valence-corrected chi connectivity index (χ4v) is 2.95. The summed E-state index contributed by atoms with van der Waals surface area (Å²) in [6, 6.07) is 9.09. The Balaban J connectivity index is 2.40. The molecule has 1 N–H and O–H groups in total. The molecule has 0 aliphatic carbocycles. The molecule has 3 heteroatoms. The molecule has 0 saturated carbocycles. The Kier molecular flexibility index (Phi) is 7.71. The molecule has 1 aromatic carbocycles. The molecule has 18 heavy (non-hydrogen) atoms. The Morgan fingerprint density at radius 1 is 1.39 bits per heavy atom. The minimum atomic E-state index is 0.570. The summed E-state index contributed by atoms with van der Waals surface area (Å²) in [5.74, 6) is 1.11. The van der Waals surface area contributed by atoms with Gasteiger partial charge in [0.05, 0.1) is 0 Å². The lowest BCUT2D eigenvalue weighted by Crippen LogP contribution is -2.31. The number of benzene rings is 1. The maximum Gasteiger partial charge on any atom is 0.0176 e. The second-order valence-corrected chi connectivity index (χ2v) is 6.52. The maximum absolute atomic E-state index is 3.98. The van der Waals surface area contributed by atoms with Gasteiger partial charge in [-0.1, -0.05) is 28.4 Å². The van der Waals surface area contributed by atoms with E-state index in [1.165, 1.54) is 16.9 Å². The summed E-state index contributed by atoms with van der Waals surface area (Å²) in [7, 11) is 0. The topological polar surface area (TPSA) is 12.0 Å². The normalized spacial score (nSPS) is 12.4. The van der Waals surface area contributed by atoms with Crippen LogP contribution in [0.1, 0.15) is 26.7 Å². The minimum absolute atomic E-state index is 0.570. The van der Waals surface area contributed by atoms with Gasteiger partial charge >= 0.3 is 0 Å². The molecule has 0 saturated heterocycles. The van der Waals surface area contributed by atoms with Gasteiger partial charge in [0.1, 0.15) is 0 Å². The third-order valence-corrected chi connectivity index (χ3v) is 4.38. The smallest absolute Gasteiger partial charge is 0.0176 e. The first-order valence-corrected chi connectivity index (χ1v) is 8.15. The maximum atomic E-state index is 3.98. The Morgan fingerprint density at radius 2 is 2.06 bits per heavy atom. The van der Waals surface area contributed by atoms with Crippen molar-refractivity contribution in [2.24, 2.45) is 0 Å². The molecular formula is C15H22BrNS. The summed E-state index contributed by atoms with van der Waals surface area (Å²) in [4.78, 5) is 1.33. The van der Waals surface area contributed by atoms with Crippen molar-refractivity contribution in [3.05, 3.63) is 40.9 Å². The molecule has 0 radical (unpaired) electrons. The Hall–Kier alpha value is -0.250. The van der Waals surface area contributed by atoms with E-state index in [0.717, 1.165) is 23.2 Å². The first-order valence-electron chi connectivity index (χ1n) is 6.38. The van der Waals surface area contributed by atoms with Crippen LogP contribution >= 0.6 is 27.7 Å². The summed E-state index contributed by atoms with van der Waals surface area (Å²) in [6.45, 7) is 9.27.